The highest BCUT2D eigenvalue weighted by atomic mass is 16.5. The molecule has 1 unspecified atom stereocenters. The molecule has 1 atom stereocenters. The molecule has 0 aromatic carbocycles. The van der Waals surface area contributed by atoms with Crippen LogP contribution >= 0.6 is 0 Å². The molecule has 3 nitrogen and oxygen atoms in total. The number of unbranched alkanes of at least 4 members (excludes halogenated alkanes) is 15. The Kier molecular flexibility index (Phi) is 36.1. The summed E-state index contributed by atoms with van der Waals surface area (Å²) in [5, 5.41) is 0. The van der Waals surface area contributed by atoms with E-state index in [-0.39, 0.29) is 5.97 Å². The third-order valence-electron chi connectivity index (χ3n) is 8.57. The van der Waals surface area contributed by atoms with Crippen molar-refractivity contribution in [2.75, 3.05) is 27.2 Å². The predicted molar refractivity (Wildman–Crippen MR) is 205 cm³/mol. The van der Waals surface area contributed by atoms with E-state index in [1.54, 1.807) is 0 Å². The molecular formula is C43H77NO2. The predicted octanol–water partition coefficient (Wildman–Crippen LogP) is 13.3. The van der Waals surface area contributed by atoms with Crippen LogP contribution in [0.3, 0.4) is 0 Å². The van der Waals surface area contributed by atoms with Crippen LogP contribution in [0, 0.1) is 5.92 Å². The van der Waals surface area contributed by atoms with Crippen molar-refractivity contribution in [3.63, 3.8) is 0 Å². The molecule has 0 aromatic rings. The molecular weight excluding hydrogens is 562 g/mol. The number of ether oxygens (including phenoxy) is 1. The highest BCUT2D eigenvalue weighted by Gasteiger charge is 2.12. The summed E-state index contributed by atoms with van der Waals surface area (Å²) in [6, 6.07) is 0. The lowest BCUT2D eigenvalue weighted by Gasteiger charge is -2.18. The second-order valence-corrected chi connectivity index (χ2v) is 13.5. The number of nitrogens with zero attached hydrogens (tertiary/aromatic N) is 1. The molecule has 0 bridgehead atoms. The van der Waals surface area contributed by atoms with Gasteiger partial charge in [0.1, 0.15) is 0 Å². The van der Waals surface area contributed by atoms with Crippen molar-refractivity contribution in [1.82, 2.24) is 4.90 Å². The number of hydrogen-bond acceptors (Lipinski definition) is 3. The number of hydrogen-bond donors (Lipinski definition) is 0. The fourth-order valence-electron chi connectivity index (χ4n) is 5.56. The molecule has 0 spiro atoms. The van der Waals surface area contributed by atoms with Gasteiger partial charge in [0.15, 0.2) is 0 Å². The number of rotatable bonds is 34. The summed E-state index contributed by atoms with van der Waals surface area (Å²) < 4.78 is 5.72. The van der Waals surface area contributed by atoms with Crippen LogP contribution in [0.15, 0.2) is 60.8 Å². The van der Waals surface area contributed by atoms with E-state index in [0.717, 1.165) is 32.2 Å². The molecule has 0 aliphatic carbocycles. The second-order valence-electron chi connectivity index (χ2n) is 13.5. The molecule has 0 radical (unpaired) electrons. The number of carbonyl (C=O) groups is 1. The summed E-state index contributed by atoms with van der Waals surface area (Å²) in [4.78, 5) is 14.3. The van der Waals surface area contributed by atoms with E-state index in [4.69, 9.17) is 4.74 Å². The molecule has 0 aliphatic rings. The van der Waals surface area contributed by atoms with Crippen molar-refractivity contribution in [1.29, 1.82) is 0 Å². The van der Waals surface area contributed by atoms with E-state index in [0.29, 0.717) is 18.9 Å². The molecule has 0 N–H and O–H groups in total. The average molecular weight is 640 g/mol. The van der Waals surface area contributed by atoms with Crippen molar-refractivity contribution in [3.8, 4) is 0 Å². The third-order valence-corrected chi connectivity index (χ3v) is 8.57. The van der Waals surface area contributed by atoms with Crippen molar-refractivity contribution in [2.24, 2.45) is 5.92 Å². The molecule has 0 aromatic heterocycles. The van der Waals surface area contributed by atoms with Gasteiger partial charge in [-0.1, -0.05) is 152 Å². The second kappa shape index (κ2) is 37.6. The van der Waals surface area contributed by atoms with E-state index in [1.165, 1.54) is 128 Å². The fourth-order valence-corrected chi connectivity index (χ4v) is 5.56. The standard InChI is InChI=1S/C43H77NO2/c1-5-7-9-11-13-15-17-19-21-23-25-27-29-31-33-35-37-42(41-46-43(45)39-40-44(3)4)38-36-34-32-30-28-26-24-22-20-18-16-14-12-10-8-6-2/h7,9,13-16,19-22,42H,5-6,8,10-12,17-18,23-41H2,1-4H3/b9-7-,15-13-,16-14-,21-19-,22-20-. The monoisotopic (exact) mass is 640 g/mol. The minimum Gasteiger partial charge on any atom is -0.465 e. The molecule has 3 heteroatoms. The lowest BCUT2D eigenvalue weighted by Crippen LogP contribution is -2.20. The van der Waals surface area contributed by atoms with Gasteiger partial charge in [0.25, 0.3) is 0 Å². The summed E-state index contributed by atoms with van der Waals surface area (Å²) in [5.41, 5.74) is 0. The molecule has 0 saturated carbocycles. The molecule has 0 aliphatic heterocycles. The van der Waals surface area contributed by atoms with E-state index < -0.39 is 0 Å². The minimum absolute atomic E-state index is 0.0371. The lowest BCUT2D eigenvalue weighted by molar-refractivity contribution is -0.145. The summed E-state index contributed by atoms with van der Waals surface area (Å²) in [6.45, 7) is 5.82. The first-order valence-electron chi connectivity index (χ1n) is 19.6. The Bertz CT molecular complexity index is 776. The van der Waals surface area contributed by atoms with Crippen molar-refractivity contribution < 1.29 is 9.53 Å². The Morgan fingerprint density at radius 3 is 1.41 bits per heavy atom. The van der Waals surface area contributed by atoms with Gasteiger partial charge in [-0.25, -0.2) is 0 Å². The molecule has 0 saturated heterocycles. The number of allylic oxidation sites excluding steroid dienone is 10. The zero-order valence-corrected chi connectivity index (χ0v) is 31.2. The maximum absolute atomic E-state index is 12.2. The zero-order valence-electron chi connectivity index (χ0n) is 31.2. The first kappa shape index (κ1) is 44.1. The third kappa shape index (κ3) is 36.6. The first-order chi connectivity index (χ1) is 22.6. The Morgan fingerprint density at radius 2 is 0.957 bits per heavy atom. The maximum atomic E-state index is 12.2. The van der Waals surface area contributed by atoms with Gasteiger partial charge in [-0.15, -0.1) is 0 Å². The van der Waals surface area contributed by atoms with Gasteiger partial charge in [0.05, 0.1) is 13.0 Å². The van der Waals surface area contributed by atoms with Crippen LogP contribution in [0.4, 0.5) is 0 Å². The van der Waals surface area contributed by atoms with Gasteiger partial charge in [-0.05, 0) is 97.1 Å². The van der Waals surface area contributed by atoms with E-state index in [1.807, 2.05) is 19.0 Å². The normalized spacial score (nSPS) is 13.2. The highest BCUT2D eigenvalue weighted by Crippen LogP contribution is 2.20. The minimum atomic E-state index is -0.0371. The van der Waals surface area contributed by atoms with Crippen LogP contribution in [-0.4, -0.2) is 38.1 Å². The molecule has 0 rings (SSSR count). The van der Waals surface area contributed by atoms with E-state index in [2.05, 4.69) is 74.6 Å². The lowest BCUT2D eigenvalue weighted by atomic mass is 9.94. The summed E-state index contributed by atoms with van der Waals surface area (Å²) in [5.74, 6) is 0.487. The number of carbonyl (C=O) groups excluding carboxylic acids is 1. The zero-order chi connectivity index (χ0) is 33.6. The Balaban J connectivity index is 4.02. The first-order valence-corrected chi connectivity index (χ1v) is 19.6. The summed E-state index contributed by atoms with van der Waals surface area (Å²) in [7, 11) is 4.01. The van der Waals surface area contributed by atoms with Gasteiger partial charge in [0.2, 0.25) is 0 Å². The van der Waals surface area contributed by atoms with Gasteiger partial charge in [-0.2, -0.15) is 0 Å². The smallest absolute Gasteiger partial charge is 0.307 e. The van der Waals surface area contributed by atoms with Gasteiger partial charge in [-0.3, -0.25) is 4.79 Å². The van der Waals surface area contributed by atoms with E-state index in [9.17, 15) is 4.79 Å². The maximum Gasteiger partial charge on any atom is 0.307 e. The Labute approximate surface area is 288 Å². The SMILES string of the molecule is CC/C=C\C/C=C\C/C=C\CCCCCCCCC(CCCCCCCC/C=C\C/C=C\CCCCC)COC(=O)CCN(C)C. The molecule has 46 heavy (non-hydrogen) atoms. The van der Waals surface area contributed by atoms with Gasteiger partial charge < -0.3 is 9.64 Å². The van der Waals surface area contributed by atoms with Crippen molar-refractivity contribution in [2.45, 2.75) is 174 Å². The average Bonchev–Trinajstić information content (AvgIpc) is 3.05. The van der Waals surface area contributed by atoms with Crippen molar-refractivity contribution in [3.05, 3.63) is 60.8 Å². The Morgan fingerprint density at radius 1 is 0.543 bits per heavy atom. The van der Waals surface area contributed by atoms with E-state index >= 15 is 0 Å². The van der Waals surface area contributed by atoms with Crippen LogP contribution in [-0.2, 0) is 9.53 Å². The van der Waals surface area contributed by atoms with Crippen LogP contribution in [0.5, 0.6) is 0 Å². The quantitative estimate of drug-likeness (QED) is 0.0398. The molecule has 0 fully saturated rings. The fraction of sp³-hybridized carbons (Fsp3) is 0.744. The van der Waals surface area contributed by atoms with Crippen LogP contribution in [0.25, 0.3) is 0 Å². The molecule has 0 heterocycles. The Hall–Kier alpha value is -1.87. The highest BCUT2D eigenvalue weighted by molar-refractivity contribution is 5.69. The summed E-state index contributed by atoms with van der Waals surface area (Å²) >= 11 is 0. The molecule has 266 valence electrons. The summed E-state index contributed by atoms with van der Waals surface area (Å²) in [6.07, 6.45) is 53.7. The topological polar surface area (TPSA) is 29.5 Å². The van der Waals surface area contributed by atoms with Crippen LogP contribution in [0.2, 0.25) is 0 Å². The van der Waals surface area contributed by atoms with Crippen molar-refractivity contribution >= 4 is 5.97 Å². The largest absolute Gasteiger partial charge is 0.465 e. The van der Waals surface area contributed by atoms with Crippen LogP contribution < -0.4 is 0 Å². The van der Waals surface area contributed by atoms with Gasteiger partial charge >= 0.3 is 5.97 Å². The number of esters is 1. The molecule has 0 amide bonds. The van der Waals surface area contributed by atoms with Gasteiger partial charge in [0, 0.05) is 6.54 Å². The van der Waals surface area contributed by atoms with Crippen LogP contribution in [0.1, 0.15) is 174 Å².